The molecule has 3 aliphatic rings. The van der Waals surface area contributed by atoms with Crippen molar-refractivity contribution in [1.29, 1.82) is 0 Å². The van der Waals surface area contributed by atoms with Crippen LogP contribution in [-0.2, 0) is 25.2 Å². The number of nitrogens with one attached hydrogen (secondary N) is 16. The van der Waals surface area contributed by atoms with Gasteiger partial charge in [0.1, 0.15) is 29.3 Å². The second-order valence-corrected chi connectivity index (χ2v) is 29.6. The van der Waals surface area contributed by atoms with Crippen LogP contribution in [0.2, 0.25) is 10.0 Å². The minimum absolute atomic E-state index is 0.0207. The standard InChI is InChI=1S/C22H16F3N7O.C20H19ClN6O.C19H14ClN9O.C18H11F3N8O/c23-22(24,25)14-8-18-13(20(33)31-29-18)7-12(14)17-9-16(11-3-1-2-4-15(11)26-17)27-21-28-19(30-32-21)10-5-6-10;1-10-6-19(26-24-10)23-16-9-17(22-15-5-3-2-4-11(15)16)12-7-13-18(8-14(12)21)25-27-20(13)28;20-14-10(3-4-11-13(14)18(30)28-26-11)17-22-12-7-21-6-5-9(12)16(23-17)25-19-24-15(27-29-19)8-1-2-8;19-18(20,21)11-6-13-10(16(30)28-27-13)5-9(11)12-4-8-2-1-3-22-14(8)15(25-12)26-17-23-7-24-29-17/h1-4,7-10H,5-6H2,(H2,29,31,33)(H2,26,27,28,30,32);6-9H,2-5H2,1H3,(H2,25,27,28)(H2,22,23,24,26);3-8H,1-2H2,(H2,26,28,30)(H2,22,23,24,25,27,29);1-7H,(H2,27,28,30)(H2,23,24,25,26,29). The molecule has 2 fully saturated rings. The summed E-state index contributed by atoms with van der Waals surface area (Å²) in [6.45, 7) is 1.97. The van der Waals surface area contributed by atoms with Gasteiger partial charge in [0, 0.05) is 85.8 Å². The van der Waals surface area contributed by atoms with Crippen LogP contribution >= 0.6 is 23.2 Å². The SMILES string of the molecule is Cc1cc(Nc2cc(-c3cc4c(=O)[nH][nH]c4cc3Cl)nc3c2CCCC3)n[nH]1.O=c1[nH][nH]c2cc(C(F)(F)F)c(-c3cc(Nc4n[nH]c(C5CC5)n4)c4ccccc4n3)cc12.O=c1[nH][nH]c2cc(C(F)(F)F)c(-c3cc4cccnc4c(Nc4ncn[nH]4)n3)cc12.O=c1[nH][nH]c2ccc(-c3nc(Nc4n[nH]c(C5CC5)n4)c4ccncc4n3)c(Cl)c12. The minimum atomic E-state index is -4.66. The zero-order chi connectivity index (χ0) is 83.1. The van der Waals surface area contributed by atoms with Gasteiger partial charge in [-0.05, 0) is 149 Å². The number of aromatic amines is 12. The van der Waals surface area contributed by atoms with Crippen LogP contribution in [0.4, 0.5) is 73.0 Å². The lowest BCUT2D eigenvalue weighted by atomic mass is 9.93. The van der Waals surface area contributed by atoms with Crippen molar-refractivity contribution in [3.8, 4) is 45.2 Å². The molecule has 22 rings (SSSR count). The highest BCUT2D eigenvalue weighted by molar-refractivity contribution is 6.38. The fraction of sp³-hybridized carbons (Fsp3) is 0.165. The van der Waals surface area contributed by atoms with Gasteiger partial charge in [-0.1, -0.05) is 47.5 Å². The Kier molecular flexibility index (Phi) is 19.0. The van der Waals surface area contributed by atoms with E-state index < -0.39 is 34.6 Å². The van der Waals surface area contributed by atoms with Crippen molar-refractivity contribution in [3.05, 3.63) is 231 Å². The number of halogens is 8. The molecule has 0 bridgehead atoms. The number of benzene rings is 5. The molecule has 3 aliphatic carbocycles. The molecule has 14 heterocycles. The molecule has 34 nitrogen and oxygen atoms in total. The van der Waals surface area contributed by atoms with Crippen LogP contribution in [0.25, 0.3) is 121 Å². The maximum Gasteiger partial charge on any atom is 0.417 e. The second-order valence-electron chi connectivity index (χ2n) is 28.8. The first-order chi connectivity index (χ1) is 58.5. The number of H-pyrrole nitrogens is 12. The summed E-state index contributed by atoms with van der Waals surface area (Å²) in [5, 5.41) is 64.8. The predicted octanol–water partition coefficient (Wildman–Crippen LogP) is 15.7. The average Bonchev–Trinajstić information content (AvgIpc) is 1.58. The summed E-state index contributed by atoms with van der Waals surface area (Å²) in [5.41, 5.74) is 6.16. The topological polar surface area (TPSA) is 486 Å². The van der Waals surface area contributed by atoms with Gasteiger partial charge >= 0.3 is 12.4 Å². The van der Waals surface area contributed by atoms with E-state index in [4.69, 9.17) is 28.2 Å². The van der Waals surface area contributed by atoms with Gasteiger partial charge in [0.15, 0.2) is 17.5 Å². The van der Waals surface area contributed by atoms with Gasteiger partial charge in [-0.2, -0.15) is 51.5 Å². The third kappa shape index (κ3) is 15.2. The first-order valence-electron chi connectivity index (χ1n) is 37.6. The van der Waals surface area contributed by atoms with Crippen molar-refractivity contribution in [2.45, 2.75) is 82.5 Å². The molecule has 606 valence electrons. The lowest BCUT2D eigenvalue weighted by molar-refractivity contribution is -0.137. The third-order valence-electron chi connectivity index (χ3n) is 20.6. The second kappa shape index (κ2) is 30.4. The van der Waals surface area contributed by atoms with E-state index in [2.05, 4.69) is 148 Å². The molecule has 0 aliphatic heterocycles. The predicted molar refractivity (Wildman–Crippen MR) is 441 cm³/mol. The molecular weight excluding hydrogens is 1620 g/mol. The summed E-state index contributed by atoms with van der Waals surface area (Å²) in [6.07, 6.45) is 5.36. The number of fused-ring (bicyclic) bond motifs is 8. The first kappa shape index (κ1) is 75.8. The van der Waals surface area contributed by atoms with E-state index in [0.717, 1.165) is 115 Å². The van der Waals surface area contributed by atoms with E-state index in [0.29, 0.717) is 101 Å². The molecule has 0 unspecified atom stereocenters. The number of para-hydroxylation sites is 1. The molecular formula is C79H60Cl2F6N30O4. The van der Waals surface area contributed by atoms with Crippen molar-refractivity contribution >= 4 is 146 Å². The Morgan fingerprint density at radius 3 is 1.76 bits per heavy atom. The number of pyridine rings is 5. The third-order valence-corrected chi connectivity index (χ3v) is 21.3. The molecule has 0 amide bonds. The van der Waals surface area contributed by atoms with Gasteiger partial charge in [-0.3, -0.25) is 90.2 Å². The Balaban J connectivity index is 0.000000107. The number of hydrogen-bond acceptors (Lipinski definition) is 22. The molecule has 14 aromatic heterocycles. The molecule has 0 saturated heterocycles. The number of aromatic nitrogens is 26. The summed E-state index contributed by atoms with van der Waals surface area (Å²) in [5.74, 6) is 5.35. The van der Waals surface area contributed by atoms with E-state index in [-0.39, 0.29) is 72.2 Å². The Labute approximate surface area is 680 Å². The van der Waals surface area contributed by atoms with Gasteiger partial charge in [-0.25, -0.2) is 25.0 Å². The van der Waals surface area contributed by atoms with Gasteiger partial charge in [0.2, 0.25) is 17.8 Å². The van der Waals surface area contributed by atoms with Crippen LogP contribution in [0, 0.1) is 6.92 Å². The fourth-order valence-corrected chi connectivity index (χ4v) is 15.0. The molecule has 0 radical (unpaired) electrons. The normalized spacial score (nSPS) is 13.5. The van der Waals surface area contributed by atoms with Gasteiger partial charge < -0.3 is 21.3 Å². The number of nitrogens with zero attached hydrogens (tertiary/aromatic N) is 14. The maximum atomic E-state index is 13.9. The van der Waals surface area contributed by atoms with Gasteiger partial charge in [0.05, 0.1) is 105 Å². The van der Waals surface area contributed by atoms with Crippen molar-refractivity contribution in [3.63, 3.8) is 0 Å². The van der Waals surface area contributed by atoms with E-state index in [1.807, 2.05) is 37.3 Å². The highest BCUT2D eigenvalue weighted by Crippen LogP contribution is 2.45. The lowest BCUT2D eigenvalue weighted by Gasteiger charge is -2.20. The molecule has 19 aromatic rings. The summed E-state index contributed by atoms with van der Waals surface area (Å²) in [7, 11) is 0. The number of alkyl halides is 6. The molecule has 2 saturated carbocycles. The summed E-state index contributed by atoms with van der Waals surface area (Å²) in [4.78, 5) is 92.5. The summed E-state index contributed by atoms with van der Waals surface area (Å²) < 4.78 is 83.3. The van der Waals surface area contributed by atoms with Crippen LogP contribution in [0.15, 0.2) is 159 Å². The smallest absolute Gasteiger partial charge is 0.338 e. The van der Waals surface area contributed by atoms with Crippen LogP contribution in [0.1, 0.15) is 90.1 Å². The Bertz CT molecular complexity index is 7510. The Morgan fingerprint density at radius 1 is 0.471 bits per heavy atom. The monoisotopic (exact) mass is 1680 g/mol. The van der Waals surface area contributed by atoms with Crippen molar-refractivity contribution < 1.29 is 26.3 Å². The largest absolute Gasteiger partial charge is 0.417 e. The molecule has 121 heavy (non-hydrogen) atoms. The average molecular weight is 1680 g/mol. The van der Waals surface area contributed by atoms with E-state index in [9.17, 15) is 45.5 Å². The highest BCUT2D eigenvalue weighted by Gasteiger charge is 2.38. The fourth-order valence-electron chi connectivity index (χ4n) is 14.4. The van der Waals surface area contributed by atoms with Crippen LogP contribution in [-0.4, -0.2) is 131 Å². The zero-order valence-corrected chi connectivity index (χ0v) is 64.0. The highest BCUT2D eigenvalue weighted by atomic mass is 35.5. The van der Waals surface area contributed by atoms with Gasteiger partial charge in [-0.15, -0.1) is 10.2 Å². The molecule has 5 aromatic carbocycles. The van der Waals surface area contributed by atoms with Crippen molar-refractivity contribution in [1.82, 2.24) is 131 Å². The quantitative estimate of drug-likeness (QED) is 0.0450. The summed E-state index contributed by atoms with van der Waals surface area (Å²) >= 11 is 13.1. The molecule has 42 heteroatoms. The molecule has 16 N–H and O–H groups in total. The van der Waals surface area contributed by atoms with E-state index in [1.54, 1.807) is 67.1 Å². The Morgan fingerprint density at radius 2 is 1.10 bits per heavy atom. The number of anilines is 8. The molecule has 0 atom stereocenters. The zero-order valence-electron chi connectivity index (χ0n) is 62.5. The minimum Gasteiger partial charge on any atom is -0.338 e. The number of aryl methyl sites for hydroxylation is 2. The van der Waals surface area contributed by atoms with Gasteiger partial charge in [0.25, 0.3) is 22.2 Å². The van der Waals surface area contributed by atoms with E-state index in [1.165, 1.54) is 36.2 Å². The van der Waals surface area contributed by atoms with E-state index >= 15 is 0 Å². The van der Waals surface area contributed by atoms with Crippen LogP contribution < -0.4 is 43.5 Å². The molecule has 0 spiro atoms. The van der Waals surface area contributed by atoms with Crippen molar-refractivity contribution in [2.75, 3.05) is 21.3 Å². The first-order valence-corrected chi connectivity index (χ1v) is 38.3. The van der Waals surface area contributed by atoms with Crippen LogP contribution in [0.3, 0.4) is 0 Å². The van der Waals surface area contributed by atoms with Crippen LogP contribution in [0.5, 0.6) is 0 Å². The number of hydrogen-bond donors (Lipinski definition) is 16. The van der Waals surface area contributed by atoms with Crippen molar-refractivity contribution in [2.24, 2.45) is 0 Å². The maximum absolute atomic E-state index is 13.9. The summed E-state index contributed by atoms with van der Waals surface area (Å²) in [6, 6.07) is 30.5. The number of rotatable bonds is 14. The Hall–Kier alpha value is -15.2. The lowest BCUT2D eigenvalue weighted by Crippen LogP contribution is -2.10.